The minimum absolute atomic E-state index is 0.122. The Bertz CT molecular complexity index is 586. The largest absolute Gasteiger partial charge is 0.305 e. The number of aryl methyl sites for hydroxylation is 1. The molecule has 1 heterocycles. The van der Waals surface area contributed by atoms with Crippen molar-refractivity contribution in [3.8, 4) is 0 Å². The Kier molecular flexibility index (Phi) is 5.10. The smallest absolute Gasteiger partial charge is 0.126 e. The molecule has 1 aromatic heterocycles. The van der Waals surface area contributed by atoms with Crippen LogP contribution in [0.3, 0.4) is 0 Å². The summed E-state index contributed by atoms with van der Waals surface area (Å²) in [5, 5.41) is 4.03. The second kappa shape index (κ2) is 6.82. The Hall–Kier alpha value is -1.45. The number of rotatable bonds is 5. The van der Waals surface area contributed by atoms with E-state index in [1.54, 1.807) is 25.3 Å². The van der Waals surface area contributed by atoms with Gasteiger partial charge >= 0.3 is 0 Å². The molecule has 0 aliphatic heterocycles. The summed E-state index contributed by atoms with van der Waals surface area (Å²) in [6.07, 6.45) is 2.72. The summed E-state index contributed by atoms with van der Waals surface area (Å²) >= 11 is 6.24. The molecule has 1 atom stereocenters. The molecule has 0 amide bonds. The van der Waals surface area contributed by atoms with Crippen LogP contribution in [0.1, 0.15) is 36.2 Å². The summed E-state index contributed by atoms with van der Waals surface area (Å²) in [7, 11) is 0. The molecular formula is C16H18ClFN2. The van der Waals surface area contributed by atoms with Crippen molar-refractivity contribution in [1.82, 2.24) is 10.3 Å². The first kappa shape index (κ1) is 14.9. The Balaban J connectivity index is 2.41. The van der Waals surface area contributed by atoms with Crippen molar-refractivity contribution in [2.45, 2.75) is 26.3 Å². The minimum Gasteiger partial charge on any atom is -0.305 e. The van der Waals surface area contributed by atoms with Gasteiger partial charge in [0.25, 0.3) is 0 Å². The van der Waals surface area contributed by atoms with Gasteiger partial charge < -0.3 is 5.32 Å². The summed E-state index contributed by atoms with van der Waals surface area (Å²) in [4.78, 5) is 4.37. The molecule has 0 fully saturated rings. The number of nitrogens with zero attached hydrogens (tertiary/aromatic N) is 1. The van der Waals surface area contributed by atoms with Crippen LogP contribution in [0.15, 0.2) is 36.5 Å². The Morgan fingerprint density at radius 3 is 2.80 bits per heavy atom. The van der Waals surface area contributed by atoms with Crippen molar-refractivity contribution >= 4 is 11.6 Å². The lowest BCUT2D eigenvalue weighted by Gasteiger charge is -2.20. The van der Waals surface area contributed by atoms with E-state index in [0.29, 0.717) is 10.6 Å². The number of nitrogens with one attached hydrogen (secondary N) is 1. The van der Waals surface area contributed by atoms with Crippen molar-refractivity contribution in [3.05, 3.63) is 64.2 Å². The van der Waals surface area contributed by atoms with E-state index in [1.807, 2.05) is 12.1 Å². The van der Waals surface area contributed by atoms with Crippen molar-refractivity contribution in [2.24, 2.45) is 0 Å². The van der Waals surface area contributed by atoms with E-state index in [0.717, 1.165) is 24.2 Å². The van der Waals surface area contributed by atoms with E-state index < -0.39 is 0 Å². The van der Waals surface area contributed by atoms with Gasteiger partial charge in [-0.25, -0.2) is 4.39 Å². The average molecular weight is 293 g/mol. The summed E-state index contributed by atoms with van der Waals surface area (Å²) in [6, 6.07) is 8.61. The predicted octanol–water partition coefficient (Wildman–Crippen LogP) is 4.27. The van der Waals surface area contributed by atoms with Crippen LogP contribution in [0.2, 0.25) is 5.02 Å². The van der Waals surface area contributed by atoms with E-state index >= 15 is 0 Å². The SMILES string of the molecule is CCCNC(c1ccc(F)c(C)c1)c1ncccc1Cl. The molecular weight excluding hydrogens is 275 g/mol. The zero-order valence-electron chi connectivity index (χ0n) is 11.7. The topological polar surface area (TPSA) is 24.9 Å². The molecule has 1 unspecified atom stereocenters. The first-order chi connectivity index (χ1) is 9.63. The van der Waals surface area contributed by atoms with Crippen molar-refractivity contribution in [2.75, 3.05) is 6.54 Å². The normalized spacial score (nSPS) is 12.4. The first-order valence-electron chi connectivity index (χ1n) is 6.73. The third kappa shape index (κ3) is 3.35. The third-order valence-corrected chi connectivity index (χ3v) is 3.49. The monoisotopic (exact) mass is 292 g/mol. The predicted molar refractivity (Wildman–Crippen MR) is 80.5 cm³/mol. The van der Waals surface area contributed by atoms with Gasteiger partial charge in [0.15, 0.2) is 0 Å². The van der Waals surface area contributed by atoms with Crippen molar-refractivity contribution in [3.63, 3.8) is 0 Å². The van der Waals surface area contributed by atoms with Gasteiger partial charge in [-0.05, 0) is 49.2 Å². The molecule has 2 nitrogen and oxygen atoms in total. The van der Waals surface area contributed by atoms with Crippen LogP contribution in [-0.2, 0) is 0 Å². The molecule has 0 bridgehead atoms. The van der Waals surface area contributed by atoms with Gasteiger partial charge in [0.05, 0.1) is 16.8 Å². The van der Waals surface area contributed by atoms with Crippen LogP contribution in [-0.4, -0.2) is 11.5 Å². The second-order valence-electron chi connectivity index (χ2n) is 4.77. The molecule has 0 saturated carbocycles. The van der Waals surface area contributed by atoms with Gasteiger partial charge in [0.2, 0.25) is 0 Å². The highest BCUT2D eigenvalue weighted by Gasteiger charge is 2.18. The van der Waals surface area contributed by atoms with E-state index in [2.05, 4.69) is 17.2 Å². The van der Waals surface area contributed by atoms with E-state index in [-0.39, 0.29) is 11.9 Å². The van der Waals surface area contributed by atoms with Crippen molar-refractivity contribution in [1.29, 1.82) is 0 Å². The molecule has 0 aliphatic carbocycles. The van der Waals surface area contributed by atoms with E-state index in [1.165, 1.54) is 6.07 Å². The van der Waals surface area contributed by atoms with Crippen molar-refractivity contribution < 1.29 is 4.39 Å². The summed E-state index contributed by atoms with van der Waals surface area (Å²) in [6.45, 7) is 4.70. The second-order valence-corrected chi connectivity index (χ2v) is 5.17. The summed E-state index contributed by atoms with van der Waals surface area (Å²) in [5.41, 5.74) is 2.37. The molecule has 4 heteroatoms. The molecule has 0 spiro atoms. The number of benzene rings is 1. The molecule has 0 aliphatic rings. The zero-order chi connectivity index (χ0) is 14.5. The molecule has 106 valence electrons. The van der Waals surface area contributed by atoms with Crippen LogP contribution >= 0.6 is 11.6 Å². The van der Waals surface area contributed by atoms with Gasteiger partial charge in [-0.15, -0.1) is 0 Å². The fourth-order valence-electron chi connectivity index (χ4n) is 2.12. The highest BCUT2D eigenvalue weighted by atomic mass is 35.5. The van der Waals surface area contributed by atoms with Gasteiger partial charge in [-0.3, -0.25) is 4.98 Å². The van der Waals surface area contributed by atoms with Gasteiger partial charge in [-0.1, -0.05) is 30.7 Å². The number of aromatic nitrogens is 1. The average Bonchev–Trinajstić information content (AvgIpc) is 2.44. The maximum Gasteiger partial charge on any atom is 0.126 e. The highest BCUT2D eigenvalue weighted by Crippen LogP contribution is 2.27. The number of hydrogen-bond donors (Lipinski definition) is 1. The molecule has 2 rings (SSSR count). The fraction of sp³-hybridized carbons (Fsp3) is 0.312. The van der Waals surface area contributed by atoms with Crippen LogP contribution in [0, 0.1) is 12.7 Å². The van der Waals surface area contributed by atoms with E-state index in [4.69, 9.17) is 11.6 Å². The van der Waals surface area contributed by atoms with Crippen LogP contribution in [0.25, 0.3) is 0 Å². The van der Waals surface area contributed by atoms with E-state index in [9.17, 15) is 4.39 Å². The fourth-order valence-corrected chi connectivity index (χ4v) is 2.35. The standard InChI is InChI=1S/C16H18ClFN2/c1-3-8-19-15(16-13(17)5-4-9-20-16)12-6-7-14(18)11(2)10-12/h4-7,9-10,15,19H,3,8H2,1-2H3. The lowest BCUT2D eigenvalue weighted by atomic mass is 10.0. The number of halogens is 2. The lowest BCUT2D eigenvalue weighted by molar-refractivity contribution is 0.580. The molecule has 0 saturated heterocycles. The summed E-state index contributed by atoms with van der Waals surface area (Å²) < 4.78 is 13.4. The maximum absolute atomic E-state index is 13.4. The van der Waals surface area contributed by atoms with Gasteiger partial charge in [0.1, 0.15) is 5.82 Å². The zero-order valence-corrected chi connectivity index (χ0v) is 12.4. The first-order valence-corrected chi connectivity index (χ1v) is 7.11. The molecule has 0 radical (unpaired) electrons. The lowest BCUT2D eigenvalue weighted by Crippen LogP contribution is -2.24. The molecule has 1 aromatic carbocycles. The van der Waals surface area contributed by atoms with Crippen LogP contribution in [0.4, 0.5) is 4.39 Å². The quantitative estimate of drug-likeness (QED) is 0.890. The number of pyridine rings is 1. The highest BCUT2D eigenvalue weighted by molar-refractivity contribution is 6.31. The van der Waals surface area contributed by atoms with Gasteiger partial charge in [0, 0.05) is 6.20 Å². The Morgan fingerprint density at radius 1 is 1.35 bits per heavy atom. The van der Waals surface area contributed by atoms with Crippen LogP contribution in [0.5, 0.6) is 0 Å². The molecule has 1 N–H and O–H groups in total. The third-order valence-electron chi connectivity index (χ3n) is 3.17. The minimum atomic E-state index is -0.199. The summed E-state index contributed by atoms with van der Waals surface area (Å²) in [5.74, 6) is -0.199. The Morgan fingerprint density at radius 2 is 2.15 bits per heavy atom. The molecule has 2 aromatic rings. The van der Waals surface area contributed by atoms with Gasteiger partial charge in [-0.2, -0.15) is 0 Å². The number of hydrogen-bond acceptors (Lipinski definition) is 2. The van der Waals surface area contributed by atoms with Crippen LogP contribution < -0.4 is 5.32 Å². The molecule has 20 heavy (non-hydrogen) atoms. The maximum atomic E-state index is 13.4. The Labute approximate surface area is 124 Å².